The fourth-order valence-electron chi connectivity index (χ4n) is 2.60. The molecule has 0 bridgehead atoms. The molecule has 19 heavy (non-hydrogen) atoms. The minimum atomic E-state index is -2.79. The van der Waals surface area contributed by atoms with Crippen molar-refractivity contribution in [3.63, 3.8) is 0 Å². The van der Waals surface area contributed by atoms with Crippen LogP contribution in [0.15, 0.2) is 0 Å². The van der Waals surface area contributed by atoms with Crippen LogP contribution in [0.4, 0.5) is 0 Å². The highest BCUT2D eigenvalue weighted by Crippen LogP contribution is 2.21. The van der Waals surface area contributed by atoms with Crippen molar-refractivity contribution in [1.29, 1.82) is 0 Å². The molecule has 1 N–H and O–H groups in total. The second-order valence-electron chi connectivity index (χ2n) is 6.49. The molecule has 0 aromatic heterocycles. The monoisotopic (exact) mass is 290 g/mol. The maximum absolute atomic E-state index is 11.5. The fourth-order valence-corrected chi connectivity index (χ4v) is 4.39. The normalized spacial score (nSPS) is 25.9. The summed E-state index contributed by atoms with van der Waals surface area (Å²) in [6.07, 6.45) is 0.787. The Morgan fingerprint density at radius 1 is 1.21 bits per heavy atom. The van der Waals surface area contributed by atoms with Gasteiger partial charge in [0.25, 0.3) is 0 Å². The van der Waals surface area contributed by atoms with Gasteiger partial charge in [-0.05, 0) is 45.3 Å². The zero-order chi connectivity index (χ0) is 14.6. The largest absolute Gasteiger partial charge is 0.316 e. The van der Waals surface area contributed by atoms with Gasteiger partial charge in [-0.2, -0.15) is 0 Å². The van der Waals surface area contributed by atoms with Gasteiger partial charge in [-0.15, -0.1) is 0 Å². The molecule has 1 heterocycles. The molecule has 0 aromatic rings. The zero-order valence-electron chi connectivity index (χ0n) is 13.0. The molecule has 0 radical (unpaired) electrons. The highest BCUT2D eigenvalue weighted by Gasteiger charge is 2.33. The summed E-state index contributed by atoms with van der Waals surface area (Å²) in [5.41, 5.74) is 0. The molecule has 1 aliphatic heterocycles. The van der Waals surface area contributed by atoms with Crippen molar-refractivity contribution in [2.24, 2.45) is 11.8 Å². The lowest BCUT2D eigenvalue weighted by Gasteiger charge is -2.34. The van der Waals surface area contributed by atoms with Crippen molar-refractivity contribution < 1.29 is 8.42 Å². The summed E-state index contributed by atoms with van der Waals surface area (Å²) in [4.78, 5) is 2.26. The molecular formula is C14H30N2O2S. The van der Waals surface area contributed by atoms with E-state index in [9.17, 15) is 8.42 Å². The van der Waals surface area contributed by atoms with Crippen LogP contribution < -0.4 is 5.32 Å². The average Bonchev–Trinajstić information content (AvgIpc) is 2.67. The second-order valence-corrected chi connectivity index (χ2v) is 8.72. The minimum absolute atomic E-state index is 0.201. The minimum Gasteiger partial charge on any atom is -0.316 e. The number of rotatable bonds is 7. The standard InChI is InChI=1S/C14H30N2O2S/c1-11(2)8-15-9-12(3)13(4)16(5)14-6-7-19(17,18)10-14/h11-15H,6-10H2,1-5H3. The third-order valence-electron chi connectivity index (χ3n) is 4.27. The van der Waals surface area contributed by atoms with Crippen LogP contribution in [-0.4, -0.2) is 57.0 Å². The fraction of sp³-hybridized carbons (Fsp3) is 1.00. The van der Waals surface area contributed by atoms with Gasteiger partial charge in [0, 0.05) is 12.1 Å². The Hall–Kier alpha value is -0.130. The van der Waals surface area contributed by atoms with Crippen molar-refractivity contribution in [2.75, 3.05) is 31.6 Å². The van der Waals surface area contributed by atoms with Crippen molar-refractivity contribution in [1.82, 2.24) is 10.2 Å². The molecule has 0 amide bonds. The quantitative estimate of drug-likeness (QED) is 0.769. The zero-order valence-corrected chi connectivity index (χ0v) is 13.8. The molecule has 4 nitrogen and oxygen atoms in total. The summed E-state index contributed by atoms with van der Waals surface area (Å²) in [5, 5.41) is 3.48. The van der Waals surface area contributed by atoms with E-state index in [0.29, 0.717) is 29.4 Å². The van der Waals surface area contributed by atoms with Crippen molar-refractivity contribution in [3.8, 4) is 0 Å². The van der Waals surface area contributed by atoms with Gasteiger partial charge in [0.05, 0.1) is 11.5 Å². The van der Waals surface area contributed by atoms with E-state index in [4.69, 9.17) is 0 Å². The third kappa shape index (κ3) is 5.40. The van der Waals surface area contributed by atoms with E-state index in [1.807, 2.05) is 0 Å². The Morgan fingerprint density at radius 3 is 2.32 bits per heavy atom. The van der Waals surface area contributed by atoms with Crippen molar-refractivity contribution in [3.05, 3.63) is 0 Å². The molecular weight excluding hydrogens is 260 g/mol. The molecule has 0 saturated carbocycles. The van der Waals surface area contributed by atoms with E-state index < -0.39 is 9.84 Å². The van der Waals surface area contributed by atoms with E-state index in [1.54, 1.807) is 0 Å². The van der Waals surface area contributed by atoms with Gasteiger partial charge in [0.2, 0.25) is 0 Å². The summed E-state index contributed by atoms with van der Waals surface area (Å²) < 4.78 is 23.1. The Labute approximate surface area is 118 Å². The molecule has 3 unspecified atom stereocenters. The molecule has 1 rings (SSSR count). The first-order valence-corrected chi connectivity index (χ1v) is 9.18. The Kier molecular flexibility index (Phi) is 6.27. The molecule has 1 aliphatic rings. The molecule has 3 atom stereocenters. The average molecular weight is 290 g/mol. The van der Waals surface area contributed by atoms with E-state index in [2.05, 4.69) is 45.0 Å². The van der Waals surface area contributed by atoms with Gasteiger partial charge in [0.1, 0.15) is 0 Å². The van der Waals surface area contributed by atoms with Crippen LogP contribution in [0.5, 0.6) is 0 Å². The summed E-state index contributed by atoms with van der Waals surface area (Å²) >= 11 is 0. The second kappa shape index (κ2) is 7.04. The molecule has 0 aliphatic carbocycles. The first-order valence-electron chi connectivity index (χ1n) is 7.36. The number of nitrogens with one attached hydrogen (secondary N) is 1. The summed E-state index contributed by atoms with van der Waals surface area (Å²) in [6.45, 7) is 10.9. The Morgan fingerprint density at radius 2 is 1.84 bits per heavy atom. The van der Waals surface area contributed by atoms with Gasteiger partial charge in [-0.25, -0.2) is 8.42 Å². The van der Waals surface area contributed by atoms with Crippen LogP contribution in [-0.2, 0) is 9.84 Å². The van der Waals surface area contributed by atoms with Gasteiger partial charge in [-0.1, -0.05) is 20.8 Å². The van der Waals surface area contributed by atoms with E-state index in [1.165, 1.54) is 0 Å². The van der Waals surface area contributed by atoms with Crippen LogP contribution in [0.1, 0.15) is 34.1 Å². The van der Waals surface area contributed by atoms with Crippen LogP contribution in [0, 0.1) is 11.8 Å². The number of hydrogen-bond donors (Lipinski definition) is 1. The van der Waals surface area contributed by atoms with E-state index in [0.717, 1.165) is 19.5 Å². The SMILES string of the molecule is CC(C)CNCC(C)C(C)N(C)C1CCS(=O)(=O)C1. The maximum Gasteiger partial charge on any atom is 0.151 e. The maximum atomic E-state index is 11.5. The molecule has 114 valence electrons. The third-order valence-corrected chi connectivity index (χ3v) is 6.02. The van der Waals surface area contributed by atoms with Crippen LogP contribution in [0.25, 0.3) is 0 Å². The molecule has 0 spiro atoms. The lowest BCUT2D eigenvalue weighted by molar-refractivity contribution is 0.152. The number of nitrogens with zero attached hydrogens (tertiary/aromatic N) is 1. The summed E-state index contributed by atoms with van der Waals surface area (Å²) in [7, 11) is -0.721. The van der Waals surface area contributed by atoms with Crippen LogP contribution >= 0.6 is 0 Å². The van der Waals surface area contributed by atoms with E-state index >= 15 is 0 Å². The number of hydrogen-bond acceptors (Lipinski definition) is 4. The molecule has 0 aromatic carbocycles. The van der Waals surface area contributed by atoms with Gasteiger partial charge >= 0.3 is 0 Å². The topological polar surface area (TPSA) is 49.4 Å². The molecule has 5 heteroatoms. The lowest BCUT2D eigenvalue weighted by Crippen LogP contribution is -2.45. The summed E-state index contributed by atoms with van der Waals surface area (Å²) in [5.74, 6) is 1.88. The highest BCUT2D eigenvalue weighted by atomic mass is 32.2. The van der Waals surface area contributed by atoms with Crippen LogP contribution in [0.3, 0.4) is 0 Å². The Balaban J connectivity index is 2.41. The molecule has 1 saturated heterocycles. The molecule has 1 fully saturated rings. The predicted octanol–water partition coefficient (Wildman–Crippen LogP) is 1.38. The van der Waals surface area contributed by atoms with Crippen molar-refractivity contribution >= 4 is 9.84 Å². The van der Waals surface area contributed by atoms with Crippen LogP contribution in [0.2, 0.25) is 0 Å². The van der Waals surface area contributed by atoms with Crippen molar-refractivity contribution in [2.45, 2.75) is 46.2 Å². The van der Waals surface area contributed by atoms with Gasteiger partial charge in [-0.3, -0.25) is 4.90 Å². The lowest BCUT2D eigenvalue weighted by atomic mass is 10.0. The Bertz CT molecular complexity index is 368. The smallest absolute Gasteiger partial charge is 0.151 e. The summed E-state index contributed by atoms with van der Waals surface area (Å²) in [6, 6.07) is 0.602. The first kappa shape index (κ1) is 16.9. The number of sulfone groups is 1. The predicted molar refractivity (Wildman–Crippen MR) is 81.2 cm³/mol. The van der Waals surface area contributed by atoms with E-state index in [-0.39, 0.29) is 6.04 Å². The van der Waals surface area contributed by atoms with Gasteiger partial charge in [0.15, 0.2) is 9.84 Å². The first-order chi connectivity index (χ1) is 8.73. The highest BCUT2D eigenvalue weighted by molar-refractivity contribution is 7.91. The van der Waals surface area contributed by atoms with Gasteiger partial charge < -0.3 is 5.32 Å².